The van der Waals surface area contributed by atoms with E-state index in [-0.39, 0.29) is 59.4 Å². The van der Waals surface area contributed by atoms with E-state index < -0.39 is 26.4 Å². The first-order valence-corrected chi connectivity index (χ1v) is 18.1. The van der Waals surface area contributed by atoms with Crippen LogP contribution in [0, 0.1) is 38.1 Å². The summed E-state index contributed by atoms with van der Waals surface area (Å²) in [6.45, 7) is -3.08. The summed E-state index contributed by atoms with van der Waals surface area (Å²) >= 11 is 0. The minimum Gasteiger partial charge on any atom is -0.500 e. The van der Waals surface area contributed by atoms with Gasteiger partial charge in [-0.15, -0.1) is 54.1 Å². The van der Waals surface area contributed by atoms with Crippen LogP contribution in [0.1, 0.15) is 82.8 Å². The Balaban J connectivity index is 0.000000322. The molecule has 0 spiro atoms. The number of benzene rings is 5. The third kappa shape index (κ3) is 8.13. The van der Waals surface area contributed by atoms with E-state index in [1.165, 1.54) is 18.5 Å². The monoisotopic (exact) mass is 906 g/mol. The van der Waals surface area contributed by atoms with Crippen LogP contribution in [0.2, 0.25) is 0 Å². The number of rotatable bonds is 5. The van der Waals surface area contributed by atoms with Gasteiger partial charge in [0.25, 0.3) is 0 Å². The summed E-state index contributed by atoms with van der Waals surface area (Å²) in [4.78, 5) is 8.68. The minimum absolute atomic E-state index is 0. The van der Waals surface area contributed by atoms with Crippen LogP contribution in [0.25, 0.3) is 66.7 Å². The fourth-order valence-electron chi connectivity index (χ4n) is 7.14. The van der Waals surface area contributed by atoms with E-state index in [1.54, 1.807) is 36.4 Å². The van der Waals surface area contributed by atoms with Gasteiger partial charge < -0.3 is 14.4 Å². The van der Waals surface area contributed by atoms with Crippen LogP contribution in [-0.2, 0) is 20.1 Å². The van der Waals surface area contributed by atoms with E-state index in [9.17, 15) is 2.74 Å². The van der Waals surface area contributed by atoms with E-state index in [1.807, 2.05) is 72.8 Å². The van der Waals surface area contributed by atoms with Gasteiger partial charge in [-0.1, -0.05) is 110 Å². The van der Waals surface area contributed by atoms with Crippen molar-refractivity contribution >= 4 is 21.9 Å². The number of fused-ring (bicyclic) bond motifs is 3. The van der Waals surface area contributed by atoms with Gasteiger partial charge in [-0.05, 0) is 108 Å². The summed E-state index contributed by atoms with van der Waals surface area (Å²) in [5.41, 5.74) is 6.12. The van der Waals surface area contributed by atoms with Crippen LogP contribution in [0.15, 0.2) is 138 Å². The van der Waals surface area contributed by atoms with Crippen molar-refractivity contribution in [3.8, 4) is 44.8 Å². The second-order valence-electron chi connectivity index (χ2n) is 14.5. The summed E-state index contributed by atoms with van der Waals surface area (Å²) < 4.78 is 97.3. The molecule has 55 heavy (non-hydrogen) atoms. The molecule has 1 fully saturated rings. The molecule has 0 N–H and O–H groups in total. The van der Waals surface area contributed by atoms with Crippen LogP contribution in [0.3, 0.4) is 0 Å². The van der Waals surface area contributed by atoms with Gasteiger partial charge in [0.2, 0.25) is 0 Å². The van der Waals surface area contributed by atoms with Gasteiger partial charge in [-0.3, -0.25) is 0 Å². The molecule has 1 radical (unpaired) electrons. The fraction of sp³-hybridized carbons (Fsp3) is 0.216. The molecule has 1 saturated carbocycles. The third-order valence-electron chi connectivity index (χ3n) is 10.3. The van der Waals surface area contributed by atoms with Gasteiger partial charge in [-0.2, -0.15) is 0 Å². The summed E-state index contributed by atoms with van der Waals surface area (Å²) in [7, 11) is 0. The molecule has 0 saturated heterocycles. The molecule has 3 aromatic heterocycles. The summed E-state index contributed by atoms with van der Waals surface area (Å²) in [5, 5.41) is 1.73. The molecule has 3 heterocycles. The predicted octanol–water partition coefficient (Wildman–Crippen LogP) is 13.9. The summed E-state index contributed by atoms with van der Waals surface area (Å²) in [6, 6.07) is 41.0. The molecular weight excluding hydrogens is 849 g/mol. The Kier molecular flexibility index (Phi) is 7.89. The van der Waals surface area contributed by atoms with Crippen molar-refractivity contribution in [2.75, 3.05) is 0 Å². The zero-order valence-electron chi connectivity index (χ0n) is 41.6. The van der Waals surface area contributed by atoms with Gasteiger partial charge in [-0.25, -0.2) is 0 Å². The summed E-state index contributed by atoms with van der Waals surface area (Å²) in [5.74, 6) is -1.04. The first kappa shape index (κ1) is 26.6. The first-order valence-electron chi connectivity index (χ1n) is 23.6. The Morgan fingerprint density at radius 3 is 2.25 bits per heavy atom. The second kappa shape index (κ2) is 16.3. The smallest absolute Gasteiger partial charge is 0.128 e. The Hall–Kier alpha value is -5.15. The molecule has 1 aliphatic rings. The molecule has 0 atom stereocenters. The number of para-hydroxylation sites is 1. The van der Waals surface area contributed by atoms with Crippen molar-refractivity contribution in [1.82, 2.24) is 9.97 Å². The van der Waals surface area contributed by atoms with Gasteiger partial charge >= 0.3 is 0 Å². The fourth-order valence-corrected chi connectivity index (χ4v) is 7.14. The molecule has 3 nitrogen and oxygen atoms in total. The van der Waals surface area contributed by atoms with Crippen LogP contribution in [0.5, 0.6) is 0 Å². The molecule has 5 aromatic carbocycles. The van der Waals surface area contributed by atoms with E-state index in [4.69, 9.17) is 16.8 Å². The number of nitrogens with zero attached hydrogens (tertiary/aromatic N) is 2. The molecule has 9 rings (SSSR count). The Bertz CT molecular complexity index is 2990. The molecule has 4 heteroatoms. The van der Waals surface area contributed by atoms with Crippen molar-refractivity contribution in [1.29, 1.82) is 0 Å². The van der Waals surface area contributed by atoms with Crippen LogP contribution in [0.4, 0.5) is 0 Å². The van der Waals surface area contributed by atoms with Gasteiger partial charge in [0.15, 0.2) is 0 Å². The zero-order valence-corrected chi connectivity index (χ0v) is 33.0. The molecule has 0 unspecified atom stereocenters. The maximum absolute atomic E-state index is 9.31. The van der Waals surface area contributed by atoms with Crippen LogP contribution >= 0.6 is 0 Å². The van der Waals surface area contributed by atoms with Crippen molar-refractivity contribution in [3.63, 3.8) is 0 Å². The Morgan fingerprint density at radius 1 is 0.709 bits per heavy atom. The molecule has 8 aromatic rings. The van der Waals surface area contributed by atoms with Crippen molar-refractivity contribution in [2.45, 2.75) is 66.0 Å². The molecular formula is C51H46IrN2O-2. The number of hydrogen-bond donors (Lipinski definition) is 0. The van der Waals surface area contributed by atoms with E-state index in [0.717, 1.165) is 46.0 Å². The number of aryl methyl sites for hydroxylation is 3. The average molecular weight is 906 g/mol. The quantitative estimate of drug-likeness (QED) is 0.162. The van der Waals surface area contributed by atoms with E-state index in [0.29, 0.717) is 40.8 Å². The molecule has 1 aliphatic carbocycles. The molecule has 277 valence electrons. The summed E-state index contributed by atoms with van der Waals surface area (Å²) in [6.07, 6.45) is 5.34. The molecule has 0 bridgehead atoms. The van der Waals surface area contributed by atoms with Crippen molar-refractivity contribution in [2.24, 2.45) is 5.41 Å². The standard InChI is InChI=1S/C39H36NO.C12H10N.Ir/c1-25-22-29(27-18-20-39(3,4)21-19-27)16-17-30(25)35-23-36(40-24-26(35)2)34-15-9-14-33-32-13-8-12-31(37(32)41-38(33)34)28-10-6-5-7-11-28;1-10-7-8-12(13-9-10)11-5-3-2-4-6-11;/h5-14,16-17,22-24,27H,18-21H2,1-4H3;2-5,7-9H,1H3;/q2*-1;/i1D3,2D3,17D,27D;1D3;. The Morgan fingerprint density at radius 2 is 1.51 bits per heavy atom. The normalized spacial score (nSPS) is 18.1. The van der Waals surface area contributed by atoms with Gasteiger partial charge in [0, 0.05) is 57.2 Å². The van der Waals surface area contributed by atoms with Crippen molar-refractivity contribution in [3.05, 3.63) is 168 Å². The van der Waals surface area contributed by atoms with Gasteiger partial charge in [0.1, 0.15) is 5.58 Å². The second-order valence-corrected chi connectivity index (χ2v) is 14.5. The Labute approximate surface area is 354 Å². The van der Waals surface area contributed by atoms with Crippen LogP contribution in [-0.4, -0.2) is 9.97 Å². The first-order chi connectivity index (χ1) is 30.6. The number of hydrogen-bond acceptors (Lipinski definition) is 3. The predicted molar refractivity (Wildman–Crippen MR) is 224 cm³/mol. The number of pyridine rings is 2. The van der Waals surface area contributed by atoms with Crippen molar-refractivity contribution < 1.29 is 39.6 Å². The topological polar surface area (TPSA) is 38.9 Å². The molecule has 0 amide bonds. The van der Waals surface area contributed by atoms with Gasteiger partial charge in [0.05, 0.1) is 6.95 Å². The maximum atomic E-state index is 9.31. The average Bonchev–Trinajstić information content (AvgIpc) is 3.66. The number of aromatic nitrogens is 2. The maximum Gasteiger partial charge on any atom is 0.128 e. The van der Waals surface area contributed by atoms with E-state index >= 15 is 0 Å². The SMILES string of the molecule is [2H]C([2H])([2H])c1ccc(-c2[c-]cccc2)nc1.[2H]c1cc(C2([2H])CCC(C)(C)CC2)cc(C([2H])([2H])[2H])c1-c1cc(-c2[c-]ccc3c2oc2c(-c4ccccc4)cccc23)ncc1C([2H])([2H])[2H].[Ir]. The third-order valence-corrected chi connectivity index (χ3v) is 10.3. The molecule has 0 aliphatic heterocycles. The largest absolute Gasteiger partial charge is 0.500 e. The zero-order chi connectivity index (χ0) is 46.5. The van der Waals surface area contributed by atoms with E-state index in [2.05, 4.69) is 35.9 Å². The number of furan rings is 1. The van der Waals surface area contributed by atoms with Crippen LogP contribution < -0.4 is 0 Å². The minimum atomic E-state index is -2.68.